The second-order valence-corrected chi connectivity index (χ2v) is 8.87. The Morgan fingerprint density at radius 2 is 1.74 bits per heavy atom. The molecule has 0 aromatic heterocycles. The highest BCUT2D eigenvalue weighted by Gasteiger charge is 2.16. The van der Waals surface area contributed by atoms with E-state index in [4.69, 9.17) is 9.47 Å². The third kappa shape index (κ3) is 11.0. The first-order valence-electron chi connectivity index (χ1n) is 11.1. The quantitative estimate of drug-likeness (QED) is 0.371. The summed E-state index contributed by atoms with van der Waals surface area (Å²) in [7, 11) is 0. The Morgan fingerprint density at radius 1 is 1.03 bits per heavy atom. The smallest absolute Gasteiger partial charge is 0.307 e. The maximum absolute atomic E-state index is 11.7. The summed E-state index contributed by atoms with van der Waals surface area (Å²) in [4.78, 5) is 11.7. The van der Waals surface area contributed by atoms with E-state index in [2.05, 4.69) is 41.7 Å². The first kappa shape index (κ1) is 24.9. The topological polar surface area (TPSA) is 67.8 Å². The normalized spacial score (nSPS) is 12.4. The van der Waals surface area contributed by atoms with Crippen LogP contribution in [0.1, 0.15) is 44.7 Å². The lowest BCUT2D eigenvalue weighted by Gasteiger charge is -2.20. The van der Waals surface area contributed by atoms with Crippen LogP contribution in [0.25, 0.3) is 0 Å². The molecule has 5 heteroatoms. The van der Waals surface area contributed by atoms with E-state index < -0.39 is 5.60 Å². The summed E-state index contributed by atoms with van der Waals surface area (Å²) in [6, 6.07) is 18.5. The van der Waals surface area contributed by atoms with Crippen LogP contribution in [-0.4, -0.2) is 43.0 Å². The molecule has 0 fully saturated rings. The fraction of sp³-hybridized carbons (Fsp3) is 0.500. The van der Waals surface area contributed by atoms with Gasteiger partial charge in [0.25, 0.3) is 0 Å². The Hall–Kier alpha value is -2.37. The first-order chi connectivity index (χ1) is 14.9. The van der Waals surface area contributed by atoms with Gasteiger partial charge in [-0.05, 0) is 69.2 Å². The van der Waals surface area contributed by atoms with Crippen molar-refractivity contribution in [3.8, 4) is 5.75 Å². The standard InChI is InChI=1S/C26H37NO4/c1-26(2,3)31-25(29)15-16-27-19-23(20-28)18-22-11-13-24(14-12-22)30-17-7-10-21-8-5-4-6-9-21/h4-6,8-9,11-14,23,27-28H,7,10,15-20H2,1-3H3. The third-order valence-corrected chi connectivity index (χ3v) is 4.79. The fourth-order valence-corrected chi connectivity index (χ4v) is 3.26. The molecule has 0 aliphatic rings. The van der Waals surface area contributed by atoms with Gasteiger partial charge in [0.15, 0.2) is 0 Å². The molecule has 0 spiro atoms. The summed E-state index contributed by atoms with van der Waals surface area (Å²) in [5.41, 5.74) is 2.03. The van der Waals surface area contributed by atoms with Gasteiger partial charge in [0.2, 0.25) is 0 Å². The van der Waals surface area contributed by atoms with Crippen molar-refractivity contribution in [2.24, 2.45) is 5.92 Å². The van der Waals surface area contributed by atoms with Gasteiger partial charge in [0.1, 0.15) is 11.4 Å². The number of aliphatic hydroxyl groups excluding tert-OH is 1. The lowest BCUT2D eigenvalue weighted by molar-refractivity contribution is -0.154. The molecule has 170 valence electrons. The highest BCUT2D eigenvalue weighted by Crippen LogP contribution is 2.16. The molecule has 5 nitrogen and oxygen atoms in total. The van der Waals surface area contributed by atoms with Crippen LogP contribution in [0, 0.1) is 5.92 Å². The van der Waals surface area contributed by atoms with Crippen molar-refractivity contribution < 1.29 is 19.4 Å². The summed E-state index contributed by atoms with van der Waals surface area (Å²) < 4.78 is 11.1. The third-order valence-electron chi connectivity index (χ3n) is 4.79. The molecule has 0 saturated carbocycles. The van der Waals surface area contributed by atoms with Gasteiger partial charge in [-0.25, -0.2) is 0 Å². The molecule has 1 unspecified atom stereocenters. The number of benzene rings is 2. The van der Waals surface area contributed by atoms with Gasteiger partial charge >= 0.3 is 5.97 Å². The van der Waals surface area contributed by atoms with Gasteiger partial charge < -0.3 is 19.9 Å². The molecule has 2 N–H and O–H groups in total. The number of carbonyl (C=O) groups excluding carboxylic acids is 1. The Morgan fingerprint density at radius 3 is 2.39 bits per heavy atom. The molecule has 0 radical (unpaired) electrons. The van der Waals surface area contributed by atoms with Crippen molar-refractivity contribution >= 4 is 5.97 Å². The predicted molar refractivity (Wildman–Crippen MR) is 124 cm³/mol. The number of nitrogens with one attached hydrogen (secondary N) is 1. The van der Waals surface area contributed by atoms with E-state index >= 15 is 0 Å². The van der Waals surface area contributed by atoms with E-state index in [0.29, 0.717) is 26.1 Å². The number of aliphatic hydroxyl groups is 1. The molecule has 2 rings (SSSR count). The van der Waals surface area contributed by atoms with Crippen molar-refractivity contribution in [2.45, 2.75) is 52.1 Å². The van der Waals surface area contributed by atoms with Gasteiger partial charge in [-0.15, -0.1) is 0 Å². The van der Waals surface area contributed by atoms with Crippen LogP contribution in [0.3, 0.4) is 0 Å². The SMILES string of the molecule is CC(C)(C)OC(=O)CCNCC(CO)Cc1ccc(OCCCc2ccccc2)cc1. The van der Waals surface area contributed by atoms with Crippen LogP contribution < -0.4 is 10.1 Å². The Kier molecular flexibility index (Phi) is 10.5. The number of esters is 1. The van der Waals surface area contributed by atoms with E-state index in [1.54, 1.807) is 0 Å². The van der Waals surface area contributed by atoms with E-state index in [1.165, 1.54) is 5.56 Å². The number of hydrogen-bond donors (Lipinski definition) is 2. The van der Waals surface area contributed by atoms with E-state index in [-0.39, 0.29) is 18.5 Å². The van der Waals surface area contributed by atoms with Crippen molar-refractivity contribution in [2.75, 3.05) is 26.3 Å². The number of aryl methyl sites for hydroxylation is 1. The number of hydrogen-bond acceptors (Lipinski definition) is 5. The molecule has 0 heterocycles. The Labute approximate surface area is 186 Å². The zero-order chi connectivity index (χ0) is 22.5. The van der Waals surface area contributed by atoms with Crippen molar-refractivity contribution in [3.05, 3.63) is 65.7 Å². The Balaban J connectivity index is 1.64. The maximum atomic E-state index is 11.7. The van der Waals surface area contributed by atoms with Gasteiger partial charge in [-0.3, -0.25) is 4.79 Å². The second kappa shape index (κ2) is 13.1. The Bertz CT molecular complexity index is 753. The minimum absolute atomic E-state index is 0.0938. The highest BCUT2D eigenvalue weighted by atomic mass is 16.6. The molecule has 0 aliphatic carbocycles. The van der Waals surface area contributed by atoms with E-state index in [1.807, 2.05) is 39.0 Å². The van der Waals surface area contributed by atoms with Crippen LogP contribution >= 0.6 is 0 Å². The summed E-state index contributed by atoms with van der Waals surface area (Å²) in [6.45, 7) is 7.56. The monoisotopic (exact) mass is 427 g/mol. The maximum Gasteiger partial charge on any atom is 0.307 e. The molecule has 0 aliphatic heterocycles. The zero-order valence-electron chi connectivity index (χ0n) is 19.1. The van der Waals surface area contributed by atoms with Crippen LogP contribution in [-0.2, 0) is 22.4 Å². The van der Waals surface area contributed by atoms with Crippen LogP contribution in [0.2, 0.25) is 0 Å². The summed E-state index contributed by atoms with van der Waals surface area (Å²) >= 11 is 0. The number of rotatable bonds is 13. The molecule has 31 heavy (non-hydrogen) atoms. The molecule has 2 aromatic rings. The van der Waals surface area contributed by atoms with Gasteiger partial charge in [-0.2, -0.15) is 0 Å². The number of ether oxygens (including phenoxy) is 2. The fourth-order valence-electron chi connectivity index (χ4n) is 3.26. The van der Waals surface area contributed by atoms with Crippen LogP contribution in [0.15, 0.2) is 54.6 Å². The molecule has 0 saturated heterocycles. The summed E-state index contributed by atoms with van der Waals surface area (Å²) in [5, 5.41) is 12.9. The summed E-state index contributed by atoms with van der Waals surface area (Å²) in [6.07, 6.45) is 3.08. The highest BCUT2D eigenvalue weighted by molar-refractivity contribution is 5.70. The van der Waals surface area contributed by atoms with Crippen molar-refractivity contribution in [3.63, 3.8) is 0 Å². The largest absolute Gasteiger partial charge is 0.494 e. The van der Waals surface area contributed by atoms with Gasteiger partial charge in [0, 0.05) is 19.7 Å². The minimum atomic E-state index is -0.456. The van der Waals surface area contributed by atoms with E-state index in [0.717, 1.165) is 30.6 Å². The van der Waals surface area contributed by atoms with Crippen LogP contribution in [0.5, 0.6) is 5.75 Å². The van der Waals surface area contributed by atoms with Gasteiger partial charge in [-0.1, -0.05) is 42.5 Å². The summed E-state index contributed by atoms with van der Waals surface area (Å²) in [5.74, 6) is 0.754. The molecule has 0 bridgehead atoms. The first-order valence-corrected chi connectivity index (χ1v) is 11.1. The van der Waals surface area contributed by atoms with E-state index in [9.17, 15) is 9.90 Å². The molecular weight excluding hydrogens is 390 g/mol. The average molecular weight is 428 g/mol. The lowest BCUT2D eigenvalue weighted by Crippen LogP contribution is -2.30. The van der Waals surface area contributed by atoms with Crippen LogP contribution in [0.4, 0.5) is 0 Å². The zero-order valence-corrected chi connectivity index (χ0v) is 19.1. The number of carbonyl (C=O) groups is 1. The second-order valence-electron chi connectivity index (χ2n) is 8.87. The van der Waals surface area contributed by atoms with Crippen molar-refractivity contribution in [1.29, 1.82) is 0 Å². The van der Waals surface area contributed by atoms with Crippen molar-refractivity contribution in [1.82, 2.24) is 5.32 Å². The average Bonchev–Trinajstić information content (AvgIpc) is 2.74. The molecule has 2 aromatic carbocycles. The molecule has 1 atom stereocenters. The predicted octanol–water partition coefficient (Wildman–Crippen LogP) is 4.17. The lowest BCUT2D eigenvalue weighted by atomic mass is 10.00. The minimum Gasteiger partial charge on any atom is -0.494 e. The van der Waals surface area contributed by atoms with Gasteiger partial charge in [0.05, 0.1) is 13.0 Å². The molecular formula is C26H37NO4. The molecule has 0 amide bonds.